The minimum atomic E-state index is -0.0427. The molecule has 5 heteroatoms. The van der Waals surface area contributed by atoms with Crippen molar-refractivity contribution in [3.05, 3.63) is 35.9 Å². The molecular weight excluding hydrogens is 376 g/mol. The van der Waals surface area contributed by atoms with Gasteiger partial charge in [-0.2, -0.15) is 0 Å². The Morgan fingerprint density at radius 2 is 1.68 bits per heavy atom. The molecule has 0 fully saturated rings. The highest BCUT2D eigenvalue weighted by atomic mass is 79.9. The molecule has 3 nitrogen and oxygen atoms in total. The van der Waals surface area contributed by atoms with Crippen LogP contribution < -0.4 is 0 Å². The van der Waals surface area contributed by atoms with Crippen molar-refractivity contribution in [1.82, 2.24) is 0 Å². The molecule has 19 heavy (non-hydrogen) atoms. The summed E-state index contributed by atoms with van der Waals surface area (Å²) in [5, 5.41) is 0. The fourth-order valence-electron chi connectivity index (χ4n) is 1.47. The zero-order valence-electron chi connectivity index (χ0n) is 11.1. The standard InChI is InChI=1S/C14H20Br2O3/c1-2-17-9-13(10-18-11-14(15)16)19-8-12-6-4-3-5-7-12/h3-7,13-14H,2,8-11H2,1H3. The minimum absolute atomic E-state index is 0.0427. The summed E-state index contributed by atoms with van der Waals surface area (Å²) in [6.45, 7) is 4.91. The predicted octanol–water partition coefficient (Wildman–Crippen LogP) is 3.74. The van der Waals surface area contributed by atoms with E-state index in [1.165, 1.54) is 0 Å². The van der Waals surface area contributed by atoms with Crippen molar-refractivity contribution in [3.63, 3.8) is 0 Å². The average Bonchev–Trinajstić information content (AvgIpc) is 2.42. The zero-order chi connectivity index (χ0) is 13.9. The smallest absolute Gasteiger partial charge is 0.105 e. The molecule has 0 spiro atoms. The summed E-state index contributed by atoms with van der Waals surface area (Å²) in [5.41, 5.74) is 1.16. The van der Waals surface area contributed by atoms with E-state index >= 15 is 0 Å². The molecule has 0 radical (unpaired) electrons. The fourth-order valence-corrected chi connectivity index (χ4v) is 1.84. The first-order chi connectivity index (χ1) is 9.22. The van der Waals surface area contributed by atoms with Crippen molar-refractivity contribution >= 4 is 31.9 Å². The molecule has 0 N–H and O–H groups in total. The summed E-state index contributed by atoms with van der Waals surface area (Å²) in [7, 11) is 0. The summed E-state index contributed by atoms with van der Waals surface area (Å²) in [5.74, 6) is 0. The maximum atomic E-state index is 5.83. The molecule has 1 atom stereocenters. The SMILES string of the molecule is CCOCC(COCC(Br)Br)OCc1ccccc1. The lowest BCUT2D eigenvalue weighted by Crippen LogP contribution is -2.26. The van der Waals surface area contributed by atoms with Crippen LogP contribution in [0.4, 0.5) is 0 Å². The second-order valence-corrected chi connectivity index (χ2v) is 7.45. The van der Waals surface area contributed by atoms with Gasteiger partial charge in [0.25, 0.3) is 0 Å². The molecule has 108 valence electrons. The van der Waals surface area contributed by atoms with Crippen molar-refractivity contribution in [2.45, 2.75) is 23.4 Å². The van der Waals surface area contributed by atoms with E-state index in [9.17, 15) is 0 Å². The van der Waals surface area contributed by atoms with Crippen LogP contribution in [0.3, 0.4) is 0 Å². The van der Waals surface area contributed by atoms with Gasteiger partial charge in [0.05, 0.1) is 30.2 Å². The van der Waals surface area contributed by atoms with E-state index in [2.05, 4.69) is 31.9 Å². The summed E-state index contributed by atoms with van der Waals surface area (Å²) in [4.78, 5) is 0. The van der Waals surface area contributed by atoms with Gasteiger partial charge in [-0.3, -0.25) is 0 Å². The van der Waals surface area contributed by atoms with Gasteiger partial charge in [-0.1, -0.05) is 62.2 Å². The van der Waals surface area contributed by atoms with E-state index in [4.69, 9.17) is 14.2 Å². The molecular formula is C14H20Br2O3. The number of halogens is 2. The first-order valence-corrected chi connectivity index (χ1v) is 8.14. The second-order valence-electron chi connectivity index (χ2n) is 4.01. The lowest BCUT2D eigenvalue weighted by molar-refractivity contribution is -0.0631. The Morgan fingerprint density at radius 3 is 2.32 bits per heavy atom. The summed E-state index contributed by atoms with van der Waals surface area (Å²) in [6, 6.07) is 10.1. The highest BCUT2D eigenvalue weighted by Crippen LogP contribution is 2.09. The van der Waals surface area contributed by atoms with Gasteiger partial charge in [0, 0.05) is 6.61 Å². The van der Waals surface area contributed by atoms with Crippen molar-refractivity contribution in [3.8, 4) is 0 Å². The van der Waals surface area contributed by atoms with Crippen LogP contribution in [-0.4, -0.2) is 36.3 Å². The third-order valence-corrected chi connectivity index (χ3v) is 2.91. The molecule has 0 saturated heterocycles. The molecule has 1 rings (SSSR count). The Kier molecular flexibility index (Phi) is 9.73. The molecule has 1 unspecified atom stereocenters. The number of rotatable bonds is 10. The maximum Gasteiger partial charge on any atom is 0.105 e. The average molecular weight is 396 g/mol. The second kappa shape index (κ2) is 10.8. The molecule has 0 bridgehead atoms. The van der Waals surface area contributed by atoms with Crippen LogP contribution in [0.2, 0.25) is 0 Å². The van der Waals surface area contributed by atoms with Crippen molar-refractivity contribution in [2.24, 2.45) is 0 Å². The van der Waals surface area contributed by atoms with E-state index in [0.29, 0.717) is 33.0 Å². The molecule has 1 aromatic rings. The maximum absolute atomic E-state index is 5.83. The Hall–Kier alpha value is 0.0600. The largest absolute Gasteiger partial charge is 0.379 e. The highest BCUT2D eigenvalue weighted by molar-refractivity contribution is 9.24. The van der Waals surface area contributed by atoms with E-state index in [-0.39, 0.29) is 9.84 Å². The normalized spacial score (nSPS) is 12.8. The Bertz CT molecular complexity index is 320. The molecule has 0 aliphatic heterocycles. The number of alkyl halides is 2. The van der Waals surface area contributed by atoms with Gasteiger partial charge in [-0.05, 0) is 12.5 Å². The van der Waals surface area contributed by atoms with Crippen molar-refractivity contribution in [1.29, 1.82) is 0 Å². The number of hydrogen-bond acceptors (Lipinski definition) is 3. The van der Waals surface area contributed by atoms with Gasteiger partial charge in [0.1, 0.15) is 6.10 Å². The predicted molar refractivity (Wildman–Crippen MR) is 84.0 cm³/mol. The summed E-state index contributed by atoms with van der Waals surface area (Å²) < 4.78 is 17.0. The number of ether oxygens (including phenoxy) is 3. The Balaban J connectivity index is 2.31. The number of hydrogen-bond donors (Lipinski definition) is 0. The van der Waals surface area contributed by atoms with Crippen molar-refractivity contribution in [2.75, 3.05) is 26.4 Å². The van der Waals surface area contributed by atoms with Gasteiger partial charge in [-0.25, -0.2) is 0 Å². The monoisotopic (exact) mass is 394 g/mol. The Morgan fingerprint density at radius 1 is 1.00 bits per heavy atom. The Labute approximate surface area is 131 Å². The molecule has 0 aliphatic carbocycles. The van der Waals surface area contributed by atoms with Crippen LogP contribution in [0.1, 0.15) is 12.5 Å². The minimum Gasteiger partial charge on any atom is -0.379 e. The van der Waals surface area contributed by atoms with Crippen LogP contribution in [0, 0.1) is 0 Å². The van der Waals surface area contributed by atoms with Gasteiger partial charge in [0.15, 0.2) is 0 Å². The fraction of sp³-hybridized carbons (Fsp3) is 0.571. The van der Waals surface area contributed by atoms with Crippen LogP contribution in [0.15, 0.2) is 30.3 Å². The van der Waals surface area contributed by atoms with E-state index in [0.717, 1.165) is 5.56 Å². The molecule has 0 saturated carbocycles. The number of benzene rings is 1. The van der Waals surface area contributed by atoms with Crippen LogP contribution in [-0.2, 0) is 20.8 Å². The summed E-state index contributed by atoms with van der Waals surface area (Å²) >= 11 is 6.74. The third-order valence-electron chi connectivity index (χ3n) is 2.38. The van der Waals surface area contributed by atoms with Gasteiger partial charge in [0.2, 0.25) is 0 Å². The van der Waals surface area contributed by atoms with Gasteiger partial charge >= 0.3 is 0 Å². The molecule has 1 aromatic carbocycles. The van der Waals surface area contributed by atoms with Gasteiger partial charge < -0.3 is 14.2 Å². The first kappa shape index (κ1) is 17.1. The highest BCUT2D eigenvalue weighted by Gasteiger charge is 2.11. The first-order valence-electron chi connectivity index (χ1n) is 6.31. The third kappa shape index (κ3) is 8.76. The quantitative estimate of drug-likeness (QED) is 0.565. The van der Waals surface area contributed by atoms with Crippen molar-refractivity contribution < 1.29 is 14.2 Å². The van der Waals surface area contributed by atoms with Crippen LogP contribution in [0.5, 0.6) is 0 Å². The molecule has 0 amide bonds. The lowest BCUT2D eigenvalue weighted by Gasteiger charge is -2.18. The van der Waals surface area contributed by atoms with E-state index < -0.39 is 0 Å². The summed E-state index contributed by atoms with van der Waals surface area (Å²) in [6.07, 6.45) is -0.0427. The topological polar surface area (TPSA) is 27.7 Å². The lowest BCUT2D eigenvalue weighted by atomic mass is 10.2. The van der Waals surface area contributed by atoms with E-state index in [1.54, 1.807) is 0 Å². The van der Waals surface area contributed by atoms with Gasteiger partial charge in [-0.15, -0.1) is 0 Å². The van der Waals surface area contributed by atoms with E-state index in [1.807, 2.05) is 37.3 Å². The zero-order valence-corrected chi connectivity index (χ0v) is 14.2. The van der Waals surface area contributed by atoms with Crippen LogP contribution in [0.25, 0.3) is 0 Å². The molecule has 0 heterocycles. The molecule has 0 aliphatic rings. The van der Waals surface area contributed by atoms with Crippen LogP contribution >= 0.6 is 31.9 Å². The molecule has 0 aromatic heterocycles.